The van der Waals surface area contributed by atoms with Crippen molar-refractivity contribution >= 4 is 16.8 Å². The Morgan fingerprint density at radius 2 is 2.24 bits per heavy atom. The third kappa shape index (κ3) is 4.82. The highest BCUT2D eigenvalue weighted by molar-refractivity contribution is 7.84. The molecule has 1 aromatic rings. The highest BCUT2D eigenvalue weighted by Gasteiger charge is 2.15. The summed E-state index contributed by atoms with van der Waals surface area (Å²) in [5, 5.41) is 3.17. The molecule has 1 saturated heterocycles. The minimum absolute atomic E-state index is 0.0533. The SMILES string of the molecule is CC(NC(N)=NCC1CCCO1)c1ccc(S(C)=O)cc1. The Labute approximate surface area is 128 Å². The van der Waals surface area contributed by atoms with Crippen LogP contribution in [0, 0.1) is 0 Å². The molecule has 6 heteroatoms. The maximum Gasteiger partial charge on any atom is 0.189 e. The maximum absolute atomic E-state index is 11.4. The molecule has 0 saturated carbocycles. The van der Waals surface area contributed by atoms with Crippen molar-refractivity contribution in [3.05, 3.63) is 29.8 Å². The molecule has 3 atom stereocenters. The molecule has 116 valence electrons. The zero-order chi connectivity index (χ0) is 15.2. The van der Waals surface area contributed by atoms with E-state index in [0.29, 0.717) is 12.5 Å². The summed E-state index contributed by atoms with van der Waals surface area (Å²) < 4.78 is 16.9. The van der Waals surface area contributed by atoms with Crippen LogP contribution in [0.15, 0.2) is 34.2 Å². The number of ether oxygens (including phenoxy) is 1. The third-order valence-electron chi connectivity index (χ3n) is 3.57. The first-order valence-electron chi connectivity index (χ1n) is 7.17. The van der Waals surface area contributed by atoms with E-state index in [1.54, 1.807) is 6.26 Å². The second-order valence-electron chi connectivity index (χ2n) is 5.25. The van der Waals surface area contributed by atoms with Crippen molar-refractivity contribution in [2.24, 2.45) is 10.7 Å². The Bertz CT molecular complexity index is 510. The fourth-order valence-corrected chi connectivity index (χ4v) is 2.81. The third-order valence-corrected chi connectivity index (χ3v) is 4.50. The van der Waals surface area contributed by atoms with Gasteiger partial charge in [-0.2, -0.15) is 0 Å². The number of hydrogen-bond acceptors (Lipinski definition) is 3. The van der Waals surface area contributed by atoms with Gasteiger partial charge >= 0.3 is 0 Å². The van der Waals surface area contributed by atoms with Crippen LogP contribution in [-0.2, 0) is 15.5 Å². The Kier molecular flexibility index (Phi) is 5.76. The molecule has 5 nitrogen and oxygen atoms in total. The van der Waals surface area contributed by atoms with Crippen molar-refractivity contribution in [2.45, 2.75) is 36.8 Å². The van der Waals surface area contributed by atoms with Gasteiger partial charge in [0.25, 0.3) is 0 Å². The van der Waals surface area contributed by atoms with Crippen LogP contribution in [0.4, 0.5) is 0 Å². The Morgan fingerprint density at radius 3 is 2.81 bits per heavy atom. The van der Waals surface area contributed by atoms with E-state index in [9.17, 15) is 4.21 Å². The molecule has 0 radical (unpaired) electrons. The van der Waals surface area contributed by atoms with Gasteiger partial charge in [0.1, 0.15) is 0 Å². The van der Waals surface area contributed by atoms with E-state index in [4.69, 9.17) is 10.5 Å². The molecule has 0 amide bonds. The van der Waals surface area contributed by atoms with Crippen LogP contribution in [0.2, 0.25) is 0 Å². The highest BCUT2D eigenvalue weighted by atomic mass is 32.2. The average Bonchev–Trinajstić information content (AvgIpc) is 2.98. The minimum atomic E-state index is -0.949. The van der Waals surface area contributed by atoms with Crippen LogP contribution in [0.1, 0.15) is 31.4 Å². The van der Waals surface area contributed by atoms with E-state index in [-0.39, 0.29) is 12.1 Å². The van der Waals surface area contributed by atoms with Gasteiger partial charge in [0.15, 0.2) is 5.96 Å². The van der Waals surface area contributed by atoms with E-state index in [1.807, 2.05) is 31.2 Å². The van der Waals surface area contributed by atoms with Crippen molar-refractivity contribution < 1.29 is 8.95 Å². The van der Waals surface area contributed by atoms with Crippen molar-refractivity contribution in [1.82, 2.24) is 5.32 Å². The normalized spacial score (nSPS) is 22.0. The molecule has 0 aromatic heterocycles. The predicted octanol–water partition coefficient (Wildman–Crippen LogP) is 1.57. The van der Waals surface area contributed by atoms with E-state index in [2.05, 4.69) is 10.3 Å². The van der Waals surface area contributed by atoms with Gasteiger partial charge in [-0.3, -0.25) is 9.20 Å². The first kappa shape index (κ1) is 16.0. The molecule has 0 spiro atoms. The zero-order valence-electron chi connectivity index (χ0n) is 12.5. The number of guanidine groups is 1. The van der Waals surface area contributed by atoms with Crippen LogP contribution >= 0.6 is 0 Å². The average molecular weight is 309 g/mol. The second kappa shape index (κ2) is 7.56. The summed E-state index contributed by atoms with van der Waals surface area (Å²) in [5.74, 6) is 0.432. The lowest BCUT2D eigenvalue weighted by atomic mass is 10.1. The molecule has 1 aromatic carbocycles. The van der Waals surface area contributed by atoms with Crippen molar-refractivity contribution in [3.63, 3.8) is 0 Å². The number of aliphatic imine (C=N–C) groups is 1. The summed E-state index contributed by atoms with van der Waals surface area (Å²) in [6, 6.07) is 7.73. The summed E-state index contributed by atoms with van der Waals surface area (Å²) in [5.41, 5.74) is 6.99. The highest BCUT2D eigenvalue weighted by Crippen LogP contribution is 2.15. The van der Waals surface area contributed by atoms with Gasteiger partial charge in [-0.15, -0.1) is 0 Å². The first-order chi connectivity index (χ1) is 10.1. The predicted molar refractivity (Wildman–Crippen MR) is 85.8 cm³/mol. The van der Waals surface area contributed by atoms with E-state index in [0.717, 1.165) is 29.9 Å². The summed E-state index contributed by atoms with van der Waals surface area (Å²) in [4.78, 5) is 5.15. The van der Waals surface area contributed by atoms with Crippen LogP contribution in [0.25, 0.3) is 0 Å². The van der Waals surface area contributed by atoms with Gasteiger partial charge in [-0.1, -0.05) is 12.1 Å². The largest absolute Gasteiger partial charge is 0.376 e. The molecular weight excluding hydrogens is 286 g/mol. The standard InChI is InChI=1S/C15H23N3O2S/c1-11(12-5-7-14(8-6-12)21(2)19)18-15(16)17-10-13-4-3-9-20-13/h5-8,11,13H,3-4,9-10H2,1-2H3,(H3,16,17,18). The van der Waals surface area contributed by atoms with Crippen molar-refractivity contribution in [3.8, 4) is 0 Å². The maximum atomic E-state index is 11.4. The molecule has 21 heavy (non-hydrogen) atoms. The quantitative estimate of drug-likeness (QED) is 0.639. The Balaban J connectivity index is 1.88. The van der Waals surface area contributed by atoms with Gasteiger partial charge in [0.2, 0.25) is 0 Å². The van der Waals surface area contributed by atoms with E-state index in [1.165, 1.54) is 0 Å². The number of benzene rings is 1. The molecule has 2 rings (SSSR count). The van der Waals surface area contributed by atoms with Gasteiger partial charge in [0.05, 0.1) is 18.7 Å². The van der Waals surface area contributed by atoms with Crippen LogP contribution < -0.4 is 11.1 Å². The number of hydrogen-bond donors (Lipinski definition) is 2. The van der Waals surface area contributed by atoms with E-state index >= 15 is 0 Å². The van der Waals surface area contributed by atoms with Gasteiger partial charge in [-0.05, 0) is 37.5 Å². The van der Waals surface area contributed by atoms with Gasteiger partial charge < -0.3 is 15.8 Å². The summed E-state index contributed by atoms with van der Waals surface area (Å²) in [6.07, 6.45) is 4.04. The van der Waals surface area contributed by atoms with Crippen LogP contribution in [0.3, 0.4) is 0 Å². The monoisotopic (exact) mass is 309 g/mol. The molecular formula is C15H23N3O2S. The van der Waals surface area contributed by atoms with E-state index < -0.39 is 10.8 Å². The lowest BCUT2D eigenvalue weighted by molar-refractivity contribution is 0.117. The minimum Gasteiger partial charge on any atom is -0.376 e. The zero-order valence-corrected chi connectivity index (χ0v) is 13.4. The Hall–Kier alpha value is -1.40. The smallest absolute Gasteiger partial charge is 0.189 e. The number of nitrogens with zero attached hydrogens (tertiary/aromatic N) is 1. The van der Waals surface area contributed by atoms with Crippen LogP contribution in [0.5, 0.6) is 0 Å². The lowest BCUT2D eigenvalue weighted by Crippen LogP contribution is -2.34. The molecule has 1 aliphatic rings. The first-order valence-corrected chi connectivity index (χ1v) is 8.73. The number of nitrogens with two attached hydrogens (primary N) is 1. The molecule has 1 heterocycles. The molecule has 3 unspecified atom stereocenters. The molecule has 3 N–H and O–H groups in total. The van der Waals surface area contributed by atoms with Gasteiger partial charge in [-0.25, -0.2) is 0 Å². The summed E-state index contributed by atoms with van der Waals surface area (Å²) in [6.45, 7) is 3.46. The fourth-order valence-electron chi connectivity index (χ4n) is 2.29. The molecule has 0 aliphatic carbocycles. The number of nitrogens with one attached hydrogen (secondary N) is 1. The van der Waals surface area contributed by atoms with Crippen LogP contribution in [-0.4, -0.2) is 35.7 Å². The second-order valence-corrected chi connectivity index (χ2v) is 6.63. The van der Waals surface area contributed by atoms with Crippen molar-refractivity contribution in [2.75, 3.05) is 19.4 Å². The van der Waals surface area contributed by atoms with Gasteiger partial charge in [0, 0.05) is 28.6 Å². The Morgan fingerprint density at radius 1 is 1.52 bits per heavy atom. The molecule has 1 aliphatic heterocycles. The number of rotatable bonds is 5. The molecule has 1 fully saturated rings. The fraction of sp³-hybridized carbons (Fsp3) is 0.533. The topological polar surface area (TPSA) is 76.7 Å². The van der Waals surface area contributed by atoms with Crippen molar-refractivity contribution in [1.29, 1.82) is 0 Å². The summed E-state index contributed by atoms with van der Waals surface area (Å²) in [7, 11) is -0.949. The summed E-state index contributed by atoms with van der Waals surface area (Å²) >= 11 is 0. The lowest BCUT2D eigenvalue weighted by Gasteiger charge is -2.16. The molecule has 0 bridgehead atoms.